The fourth-order valence-corrected chi connectivity index (χ4v) is 3.46. The molecule has 2 aromatic rings. The number of hydrogen-bond acceptors (Lipinski definition) is 4. The first kappa shape index (κ1) is 21.1. The van der Waals surface area contributed by atoms with Gasteiger partial charge >= 0.3 is 0 Å². The van der Waals surface area contributed by atoms with Crippen molar-refractivity contribution in [3.8, 4) is 0 Å². The van der Waals surface area contributed by atoms with Gasteiger partial charge in [-0.2, -0.15) is 0 Å². The zero-order chi connectivity index (χ0) is 19.7. The maximum atomic E-state index is 12.3. The molecule has 2 aromatic carbocycles. The number of carbonyl (C=O) groups is 1. The third-order valence-electron chi connectivity index (χ3n) is 4.37. The lowest BCUT2D eigenvalue weighted by Gasteiger charge is -2.08. The highest BCUT2D eigenvalue weighted by atomic mass is 32.2. The number of rotatable bonds is 10. The summed E-state index contributed by atoms with van der Waals surface area (Å²) in [4.78, 5) is 12.6. The van der Waals surface area contributed by atoms with E-state index in [-0.39, 0.29) is 11.7 Å². The molecular weight excluding hydrogens is 360 g/mol. The van der Waals surface area contributed by atoms with Gasteiger partial charge in [-0.25, -0.2) is 8.42 Å². The Hall–Kier alpha value is -2.18. The molecule has 27 heavy (non-hydrogen) atoms. The number of hydrogen-bond donors (Lipinski definition) is 2. The van der Waals surface area contributed by atoms with Crippen LogP contribution in [0.15, 0.2) is 53.4 Å². The van der Waals surface area contributed by atoms with E-state index in [1.54, 1.807) is 31.2 Å². The SMILES string of the molecule is CCCCNCc1ccc(C(=O)NCc2ccc(S(=O)(=O)CC)cc2)cc1. The molecule has 0 saturated heterocycles. The maximum Gasteiger partial charge on any atom is 0.251 e. The predicted molar refractivity (Wildman–Crippen MR) is 108 cm³/mol. The van der Waals surface area contributed by atoms with E-state index in [0.29, 0.717) is 17.0 Å². The van der Waals surface area contributed by atoms with E-state index in [1.807, 2.05) is 24.3 Å². The number of benzene rings is 2. The van der Waals surface area contributed by atoms with Gasteiger partial charge in [0.2, 0.25) is 0 Å². The van der Waals surface area contributed by atoms with E-state index in [9.17, 15) is 13.2 Å². The molecule has 6 heteroatoms. The van der Waals surface area contributed by atoms with Crippen LogP contribution < -0.4 is 10.6 Å². The van der Waals surface area contributed by atoms with E-state index in [4.69, 9.17) is 0 Å². The van der Waals surface area contributed by atoms with Gasteiger partial charge in [0, 0.05) is 18.7 Å². The number of nitrogens with one attached hydrogen (secondary N) is 2. The third kappa shape index (κ3) is 6.48. The first-order valence-corrected chi connectivity index (χ1v) is 11.0. The molecule has 2 N–H and O–H groups in total. The maximum absolute atomic E-state index is 12.3. The van der Waals surface area contributed by atoms with E-state index < -0.39 is 9.84 Å². The van der Waals surface area contributed by atoms with Crippen LogP contribution in [0.2, 0.25) is 0 Å². The number of amides is 1. The Morgan fingerprint density at radius 2 is 1.48 bits per heavy atom. The molecule has 0 spiro atoms. The van der Waals surface area contributed by atoms with E-state index in [2.05, 4.69) is 17.6 Å². The molecule has 1 amide bonds. The number of sulfone groups is 1. The van der Waals surface area contributed by atoms with Crippen LogP contribution in [-0.4, -0.2) is 26.6 Å². The second kappa shape index (κ2) is 10.2. The summed E-state index contributed by atoms with van der Waals surface area (Å²) in [6, 6.07) is 14.2. The van der Waals surface area contributed by atoms with Crippen molar-refractivity contribution in [3.63, 3.8) is 0 Å². The van der Waals surface area contributed by atoms with Gasteiger partial charge in [0.05, 0.1) is 10.6 Å². The average Bonchev–Trinajstić information content (AvgIpc) is 2.70. The van der Waals surface area contributed by atoms with Crippen LogP contribution in [0.25, 0.3) is 0 Å². The highest BCUT2D eigenvalue weighted by Crippen LogP contribution is 2.12. The summed E-state index contributed by atoms with van der Waals surface area (Å²) < 4.78 is 23.6. The summed E-state index contributed by atoms with van der Waals surface area (Å²) in [6.45, 7) is 5.93. The van der Waals surface area contributed by atoms with Crippen molar-refractivity contribution >= 4 is 15.7 Å². The van der Waals surface area contributed by atoms with Gasteiger partial charge in [-0.05, 0) is 48.4 Å². The summed E-state index contributed by atoms with van der Waals surface area (Å²) >= 11 is 0. The van der Waals surface area contributed by atoms with Crippen LogP contribution in [-0.2, 0) is 22.9 Å². The molecule has 0 bridgehead atoms. The first-order valence-electron chi connectivity index (χ1n) is 9.35. The molecule has 0 aliphatic heterocycles. The first-order chi connectivity index (χ1) is 13.0. The largest absolute Gasteiger partial charge is 0.348 e. The Morgan fingerprint density at radius 1 is 0.889 bits per heavy atom. The molecule has 0 atom stereocenters. The van der Waals surface area contributed by atoms with Crippen LogP contribution in [0.1, 0.15) is 48.2 Å². The molecule has 0 aliphatic rings. The van der Waals surface area contributed by atoms with Crippen molar-refractivity contribution < 1.29 is 13.2 Å². The van der Waals surface area contributed by atoms with Gasteiger partial charge in [0.1, 0.15) is 0 Å². The smallest absolute Gasteiger partial charge is 0.251 e. The Bertz CT molecular complexity index is 829. The Labute approximate surface area is 162 Å². The van der Waals surface area contributed by atoms with Gasteiger partial charge in [-0.15, -0.1) is 0 Å². The van der Waals surface area contributed by atoms with Crippen LogP contribution in [0.3, 0.4) is 0 Å². The van der Waals surface area contributed by atoms with Crippen molar-refractivity contribution in [2.75, 3.05) is 12.3 Å². The summed E-state index contributed by atoms with van der Waals surface area (Å²) in [5, 5.41) is 6.24. The highest BCUT2D eigenvalue weighted by molar-refractivity contribution is 7.91. The van der Waals surface area contributed by atoms with Gasteiger partial charge in [0.25, 0.3) is 5.91 Å². The molecule has 146 valence electrons. The number of carbonyl (C=O) groups excluding carboxylic acids is 1. The van der Waals surface area contributed by atoms with Gasteiger partial charge in [-0.1, -0.05) is 44.5 Å². The van der Waals surface area contributed by atoms with Crippen LogP contribution >= 0.6 is 0 Å². The van der Waals surface area contributed by atoms with Crippen LogP contribution in [0, 0.1) is 0 Å². The Balaban J connectivity index is 1.86. The molecule has 0 heterocycles. The molecule has 5 nitrogen and oxygen atoms in total. The van der Waals surface area contributed by atoms with Crippen molar-refractivity contribution in [1.82, 2.24) is 10.6 Å². The van der Waals surface area contributed by atoms with Gasteiger partial charge < -0.3 is 10.6 Å². The standard InChI is InChI=1S/C21H28N2O3S/c1-3-5-14-22-15-17-6-10-19(11-7-17)21(24)23-16-18-8-12-20(13-9-18)27(25,26)4-2/h6-13,22H,3-5,14-16H2,1-2H3,(H,23,24). The molecule has 2 rings (SSSR count). The lowest BCUT2D eigenvalue weighted by molar-refractivity contribution is 0.0951. The Kier molecular flexibility index (Phi) is 8.00. The molecule has 0 fully saturated rings. The summed E-state index contributed by atoms with van der Waals surface area (Å²) in [5.41, 5.74) is 2.61. The van der Waals surface area contributed by atoms with Crippen molar-refractivity contribution in [2.24, 2.45) is 0 Å². The summed E-state index contributed by atoms with van der Waals surface area (Å²) in [7, 11) is -3.20. The fourth-order valence-electron chi connectivity index (χ4n) is 2.57. The highest BCUT2D eigenvalue weighted by Gasteiger charge is 2.11. The molecule has 0 aromatic heterocycles. The van der Waals surface area contributed by atoms with E-state index in [1.165, 1.54) is 6.42 Å². The number of unbranched alkanes of at least 4 members (excludes halogenated alkanes) is 1. The van der Waals surface area contributed by atoms with Crippen LogP contribution in [0.5, 0.6) is 0 Å². The molecular formula is C21H28N2O3S. The average molecular weight is 389 g/mol. The second-order valence-electron chi connectivity index (χ2n) is 6.46. The topological polar surface area (TPSA) is 75.3 Å². The monoisotopic (exact) mass is 388 g/mol. The lowest BCUT2D eigenvalue weighted by atomic mass is 10.1. The predicted octanol–water partition coefficient (Wildman–Crippen LogP) is 3.30. The van der Waals surface area contributed by atoms with Crippen molar-refractivity contribution in [3.05, 3.63) is 65.2 Å². The second-order valence-corrected chi connectivity index (χ2v) is 8.74. The third-order valence-corrected chi connectivity index (χ3v) is 6.12. The van der Waals surface area contributed by atoms with E-state index >= 15 is 0 Å². The minimum atomic E-state index is -3.20. The van der Waals surface area contributed by atoms with E-state index in [0.717, 1.165) is 30.6 Å². The van der Waals surface area contributed by atoms with Crippen molar-refractivity contribution in [1.29, 1.82) is 0 Å². The lowest BCUT2D eigenvalue weighted by Crippen LogP contribution is -2.23. The normalized spacial score (nSPS) is 11.3. The molecule has 0 saturated carbocycles. The minimum absolute atomic E-state index is 0.0766. The zero-order valence-electron chi connectivity index (χ0n) is 16.0. The van der Waals surface area contributed by atoms with Gasteiger partial charge in [0.15, 0.2) is 9.84 Å². The van der Waals surface area contributed by atoms with Crippen molar-refractivity contribution in [2.45, 2.75) is 44.7 Å². The fraction of sp³-hybridized carbons (Fsp3) is 0.381. The summed E-state index contributed by atoms with van der Waals surface area (Å²) in [5.74, 6) is -0.0709. The Morgan fingerprint density at radius 3 is 2.07 bits per heavy atom. The summed E-state index contributed by atoms with van der Waals surface area (Å²) in [6.07, 6.45) is 2.33. The molecule has 0 radical (unpaired) electrons. The van der Waals surface area contributed by atoms with Gasteiger partial charge in [-0.3, -0.25) is 4.79 Å². The minimum Gasteiger partial charge on any atom is -0.348 e. The molecule has 0 aliphatic carbocycles. The zero-order valence-corrected chi connectivity index (χ0v) is 16.8. The molecule has 0 unspecified atom stereocenters. The quantitative estimate of drug-likeness (QED) is 0.613. The van der Waals surface area contributed by atoms with Crippen LogP contribution in [0.4, 0.5) is 0 Å².